The van der Waals surface area contributed by atoms with Crippen LogP contribution in [0.1, 0.15) is 26.5 Å². The van der Waals surface area contributed by atoms with Gasteiger partial charge in [-0.15, -0.1) is 0 Å². The van der Waals surface area contributed by atoms with Gasteiger partial charge in [-0.1, -0.05) is 6.07 Å². The summed E-state index contributed by atoms with van der Waals surface area (Å²) in [6.45, 7) is 0.160. The molecule has 0 aliphatic rings. The van der Waals surface area contributed by atoms with Crippen LogP contribution in [0.2, 0.25) is 0 Å². The first-order valence-electron chi connectivity index (χ1n) is 8.28. The van der Waals surface area contributed by atoms with Gasteiger partial charge in [-0.2, -0.15) is 18.3 Å². The second-order valence-electron chi connectivity index (χ2n) is 5.84. The third-order valence-corrected chi connectivity index (χ3v) is 3.84. The minimum Gasteiger partial charge on any atom is -0.460 e. The number of benzene rings is 1. The van der Waals surface area contributed by atoms with E-state index in [4.69, 9.17) is 9.47 Å². The van der Waals surface area contributed by atoms with Crippen LogP contribution in [0, 0.1) is 0 Å². The molecule has 1 aromatic carbocycles. The zero-order valence-corrected chi connectivity index (χ0v) is 15.0. The largest absolute Gasteiger partial charge is 0.460 e. The SMILES string of the molecule is COCCOC(=O)c1cc2[nH]ncc2cc1NC(=O)c1cccc(C(F)(F)F)n1. The minimum atomic E-state index is -4.69. The van der Waals surface area contributed by atoms with E-state index >= 15 is 0 Å². The van der Waals surface area contributed by atoms with Gasteiger partial charge in [0.05, 0.1) is 29.6 Å². The second kappa shape index (κ2) is 8.27. The number of anilines is 1. The maximum atomic E-state index is 12.8. The Kier molecular flexibility index (Phi) is 5.78. The zero-order chi connectivity index (χ0) is 21.0. The van der Waals surface area contributed by atoms with Crippen molar-refractivity contribution in [2.45, 2.75) is 6.18 Å². The van der Waals surface area contributed by atoms with E-state index < -0.39 is 29.4 Å². The third kappa shape index (κ3) is 4.69. The molecule has 0 atom stereocenters. The van der Waals surface area contributed by atoms with E-state index in [2.05, 4.69) is 20.5 Å². The fourth-order valence-electron chi connectivity index (χ4n) is 2.46. The van der Waals surface area contributed by atoms with Gasteiger partial charge >= 0.3 is 12.1 Å². The molecule has 0 bridgehead atoms. The average Bonchev–Trinajstić information content (AvgIpc) is 3.14. The molecule has 29 heavy (non-hydrogen) atoms. The molecule has 8 nitrogen and oxygen atoms in total. The molecule has 3 rings (SSSR count). The number of hydrogen-bond donors (Lipinski definition) is 2. The Bertz CT molecular complexity index is 1050. The van der Waals surface area contributed by atoms with Gasteiger partial charge in [-0.05, 0) is 24.3 Å². The molecular formula is C18H15F3N4O4. The summed E-state index contributed by atoms with van der Waals surface area (Å²) in [6.07, 6.45) is -3.23. The number of rotatable bonds is 6. The Morgan fingerprint density at radius 2 is 2.00 bits per heavy atom. The highest BCUT2D eigenvalue weighted by molar-refractivity contribution is 6.09. The number of ether oxygens (including phenoxy) is 2. The lowest BCUT2D eigenvalue weighted by atomic mass is 10.1. The van der Waals surface area contributed by atoms with Crippen LogP contribution in [-0.2, 0) is 15.7 Å². The second-order valence-corrected chi connectivity index (χ2v) is 5.84. The number of aromatic nitrogens is 3. The number of methoxy groups -OCH3 is 1. The van der Waals surface area contributed by atoms with Gasteiger partial charge in [0, 0.05) is 12.5 Å². The Labute approximate surface area is 162 Å². The Hall–Kier alpha value is -3.47. The number of hydrogen-bond acceptors (Lipinski definition) is 6. The molecule has 0 radical (unpaired) electrons. The monoisotopic (exact) mass is 408 g/mol. The van der Waals surface area contributed by atoms with Gasteiger partial charge in [-0.3, -0.25) is 9.89 Å². The van der Waals surface area contributed by atoms with Crippen molar-refractivity contribution in [3.05, 3.63) is 53.5 Å². The van der Waals surface area contributed by atoms with Gasteiger partial charge in [-0.25, -0.2) is 9.78 Å². The van der Waals surface area contributed by atoms with E-state index in [-0.39, 0.29) is 24.5 Å². The van der Waals surface area contributed by atoms with E-state index in [0.29, 0.717) is 10.9 Å². The molecule has 0 unspecified atom stereocenters. The van der Waals surface area contributed by atoms with Crippen LogP contribution >= 0.6 is 0 Å². The minimum absolute atomic E-state index is 0.00169. The normalized spacial score (nSPS) is 11.4. The summed E-state index contributed by atoms with van der Waals surface area (Å²) in [4.78, 5) is 28.2. The van der Waals surface area contributed by atoms with Gasteiger partial charge in [0.2, 0.25) is 0 Å². The summed E-state index contributed by atoms with van der Waals surface area (Å²) in [7, 11) is 1.44. The molecule has 11 heteroatoms. The zero-order valence-electron chi connectivity index (χ0n) is 15.0. The molecule has 152 valence electrons. The number of halogens is 3. The molecule has 0 saturated carbocycles. The predicted octanol–water partition coefficient (Wildman–Crippen LogP) is 3.03. The average molecular weight is 408 g/mol. The molecule has 0 spiro atoms. The number of pyridine rings is 1. The summed E-state index contributed by atoms with van der Waals surface area (Å²) in [6, 6.07) is 5.85. The summed E-state index contributed by atoms with van der Waals surface area (Å²) in [5.74, 6) is -1.66. The van der Waals surface area contributed by atoms with Gasteiger partial charge in [0.25, 0.3) is 5.91 Å². The number of alkyl halides is 3. The van der Waals surface area contributed by atoms with E-state index in [1.807, 2.05) is 0 Å². The van der Waals surface area contributed by atoms with Crippen LogP contribution in [0.5, 0.6) is 0 Å². The lowest BCUT2D eigenvalue weighted by molar-refractivity contribution is -0.141. The first-order valence-corrected chi connectivity index (χ1v) is 8.28. The number of fused-ring (bicyclic) bond motifs is 1. The van der Waals surface area contributed by atoms with Gasteiger partial charge < -0.3 is 14.8 Å². The maximum absolute atomic E-state index is 12.8. The van der Waals surface area contributed by atoms with Crippen LogP contribution in [0.3, 0.4) is 0 Å². The van der Waals surface area contributed by atoms with Crippen molar-refractivity contribution < 1.29 is 32.2 Å². The standard InChI is InChI=1S/C18H15F3N4O4/c1-28-5-6-29-17(27)11-8-13-10(9-22-25-13)7-14(11)24-16(26)12-3-2-4-15(23-12)18(19,20)21/h2-4,7-9H,5-6H2,1H3,(H,22,25)(H,24,26). The molecule has 2 N–H and O–H groups in total. The van der Waals surface area contributed by atoms with E-state index in [1.165, 1.54) is 25.4 Å². The van der Waals surface area contributed by atoms with E-state index in [1.54, 1.807) is 0 Å². The lowest BCUT2D eigenvalue weighted by Crippen LogP contribution is -2.19. The Balaban J connectivity index is 1.91. The summed E-state index contributed by atoms with van der Waals surface area (Å²) >= 11 is 0. The highest BCUT2D eigenvalue weighted by Gasteiger charge is 2.33. The van der Waals surface area contributed by atoms with Crippen molar-refractivity contribution in [3.8, 4) is 0 Å². The van der Waals surface area contributed by atoms with Crippen molar-refractivity contribution in [2.75, 3.05) is 25.6 Å². The number of esters is 1. The molecule has 2 heterocycles. The number of carbonyl (C=O) groups is 2. The van der Waals surface area contributed by atoms with Crippen molar-refractivity contribution in [1.82, 2.24) is 15.2 Å². The highest BCUT2D eigenvalue weighted by atomic mass is 19.4. The number of carbonyl (C=O) groups excluding carboxylic acids is 2. The van der Waals surface area contributed by atoms with Crippen molar-refractivity contribution >= 4 is 28.5 Å². The molecule has 0 aliphatic carbocycles. The first kappa shape index (κ1) is 20.3. The van der Waals surface area contributed by atoms with Gasteiger partial charge in [0.15, 0.2) is 0 Å². The molecular weight excluding hydrogens is 393 g/mol. The van der Waals surface area contributed by atoms with Crippen LogP contribution in [0.25, 0.3) is 10.9 Å². The van der Waals surface area contributed by atoms with Crippen molar-refractivity contribution in [2.24, 2.45) is 0 Å². The number of amides is 1. The maximum Gasteiger partial charge on any atom is 0.433 e. The Morgan fingerprint density at radius 3 is 2.72 bits per heavy atom. The van der Waals surface area contributed by atoms with E-state index in [9.17, 15) is 22.8 Å². The number of H-pyrrole nitrogens is 1. The smallest absolute Gasteiger partial charge is 0.433 e. The third-order valence-electron chi connectivity index (χ3n) is 3.84. The summed E-state index contributed by atoms with van der Waals surface area (Å²) in [5.41, 5.74) is -1.09. The fourth-order valence-corrected chi connectivity index (χ4v) is 2.46. The molecule has 2 aromatic heterocycles. The molecule has 0 saturated heterocycles. The van der Waals surface area contributed by atoms with Crippen LogP contribution in [0.4, 0.5) is 18.9 Å². The fraction of sp³-hybridized carbons (Fsp3) is 0.222. The van der Waals surface area contributed by atoms with Crippen LogP contribution < -0.4 is 5.32 Å². The number of nitrogens with zero attached hydrogens (tertiary/aromatic N) is 2. The molecule has 1 amide bonds. The molecule has 3 aromatic rings. The summed E-state index contributed by atoms with van der Waals surface area (Å²) in [5, 5.41) is 9.52. The van der Waals surface area contributed by atoms with Gasteiger partial charge in [0.1, 0.15) is 18.0 Å². The first-order chi connectivity index (χ1) is 13.8. The van der Waals surface area contributed by atoms with Crippen molar-refractivity contribution in [3.63, 3.8) is 0 Å². The number of nitrogens with one attached hydrogen (secondary N) is 2. The topological polar surface area (TPSA) is 106 Å². The quantitative estimate of drug-likeness (QED) is 0.480. The number of aromatic amines is 1. The Morgan fingerprint density at radius 1 is 1.21 bits per heavy atom. The molecule has 0 aliphatic heterocycles. The molecule has 0 fully saturated rings. The predicted molar refractivity (Wildman–Crippen MR) is 95.4 cm³/mol. The van der Waals surface area contributed by atoms with Crippen LogP contribution in [0.15, 0.2) is 36.5 Å². The summed E-state index contributed by atoms with van der Waals surface area (Å²) < 4.78 is 48.4. The highest BCUT2D eigenvalue weighted by Crippen LogP contribution is 2.28. The van der Waals surface area contributed by atoms with Crippen molar-refractivity contribution in [1.29, 1.82) is 0 Å². The van der Waals surface area contributed by atoms with Crippen LogP contribution in [-0.4, -0.2) is 47.4 Å². The van der Waals surface area contributed by atoms with E-state index in [0.717, 1.165) is 18.2 Å². The lowest BCUT2D eigenvalue weighted by Gasteiger charge is -2.12.